The molecule has 2 bridgehead atoms. The number of ether oxygens (including phenoxy) is 1. The number of carbonyl (C=O) groups excluding carboxylic acids is 1. The molecule has 4 nitrogen and oxygen atoms in total. The number of carboxylic acid groups (broad SMARTS) is 1. The van der Waals surface area contributed by atoms with Gasteiger partial charge >= 0.3 is 11.9 Å². The van der Waals surface area contributed by atoms with Crippen molar-refractivity contribution in [3.05, 3.63) is 0 Å². The number of hydrogen-bond acceptors (Lipinski definition) is 3. The van der Waals surface area contributed by atoms with Crippen molar-refractivity contribution in [3.8, 4) is 0 Å². The molecule has 2 saturated carbocycles. The maximum Gasteiger partial charge on any atom is 0.417 e. The number of hydrogen-bond donors (Lipinski definition) is 1. The van der Waals surface area contributed by atoms with Crippen molar-refractivity contribution in [1.82, 2.24) is 0 Å². The summed E-state index contributed by atoms with van der Waals surface area (Å²) < 4.78 is 5.11. The van der Waals surface area contributed by atoms with E-state index in [4.69, 9.17) is 9.84 Å². The summed E-state index contributed by atoms with van der Waals surface area (Å²) in [5.74, 6) is -2.07. The van der Waals surface area contributed by atoms with Gasteiger partial charge in [-0.15, -0.1) is 0 Å². The van der Waals surface area contributed by atoms with Gasteiger partial charge in [0.25, 0.3) is 0 Å². The number of esters is 1. The number of rotatable bonds is 1. The Kier molecular flexibility index (Phi) is 2.30. The lowest BCUT2D eigenvalue weighted by Crippen LogP contribution is -2.39. The molecule has 2 aliphatic rings. The monoisotopic (exact) mass is 226 g/mol. The SMILES string of the molecule is CC1(C)C2CCC1(C)C(OC(=O)C(=O)O)C2. The number of aliphatic carboxylic acids is 1. The first kappa shape index (κ1) is 11.4. The van der Waals surface area contributed by atoms with E-state index >= 15 is 0 Å². The number of carboxylic acids is 1. The van der Waals surface area contributed by atoms with Crippen LogP contribution in [0.25, 0.3) is 0 Å². The van der Waals surface area contributed by atoms with Gasteiger partial charge in [0.2, 0.25) is 0 Å². The van der Waals surface area contributed by atoms with Crippen LogP contribution >= 0.6 is 0 Å². The maximum absolute atomic E-state index is 11.1. The molecular formula is C12H18O4. The lowest BCUT2D eigenvalue weighted by Gasteiger charge is -2.38. The van der Waals surface area contributed by atoms with Gasteiger partial charge in [0.05, 0.1) is 0 Å². The third-order valence-electron chi connectivity index (χ3n) is 5.14. The summed E-state index contributed by atoms with van der Waals surface area (Å²) in [5, 5.41) is 8.55. The molecule has 0 aromatic heterocycles. The van der Waals surface area contributed by atoms with Gasteiger partial charge in [0.15, 0.2) is 0 Å². The van der Waals surface area contributed by atoms with Crippen LogP contribution in [0.2, 0.25) is 0 Å². The van der Waals surface area contributed by atoms with Gasteiger partial charge in [-0.05, 0) is 30.6 Å². The standard InChI is InChI=1S/C12H18O4/c1-11(2)7-4-5-12(11,3)8(6-7)16-10(15)9(13)14/h7-8H,4-6H2,1-3H3,(H,13,14). The minimum Gasteiger partial charge on any atom is -0.473 e. The molecule has 1 N–H and O–H groups in total. The average Bonchev–Trinajstić information content (AvgIpc) is 2.50. The number of fused-ring (bicyclic) bond motifs is 2. The fourth-order valence-electron chi connectivity index (χ4n) is 3.49. The van der Waals surface area contributed by atoms with Crippen LogP contribution in [0.1, 0.15) is 40.0 Å². The summed E-state index contributed by atoms with van der Waals surface area (Å²) in [4.78, 5) is 21.6. The molecule has 0 aliphatic heterocycles. The first-order chi connectivity index (χ1) is 7.29. The normalized spacial score (nSPS) is 39.7. The van der Waals surface area contributed by atoms with Crippen molar-refractivity contribution >= 4 is 11.9 Å². The van der Waals surface area contributed by atoms with Gasteiger partial charge in [-0.25, -0.2) is 9.59 Å². The molecule has 2 rings (SSSR count). The Labute approximate surface area is 95.0 Å². The van der Waals surface area contributed by atoms with Crippen molar-refractivity contribution < 1.29 is 19.4 Å². The van der Waals surface area contributed by atoms with Crippen LogP contribution in [0.4, 0.5) is 0 Å². The molecule has 3 atom stereocenters. The van der Waals surface area contributed by atoms with Crippen molar-refractivity contribution in [1.29, 1.82) is 0 Å². The minimum atomic E-state index is -1.50. The van der Waals surface area contributed by atoms with E-state index in [0.29, 0.717) is 5.92 Å². The van der Waals surface area contributed by atoms with Gasteiger partial charge in [0, 0.05) is 5.41 Å². The largest absolute Gasteiger partial charge is 0.473 e. The predicted molar refractivity (Wildman–Crippen MR) is 56.7 cm³/mol. The Morgan fingerprint density at radius 2 is 1.94 bits per heavy atom. The second-order valence-electron chi connectivity index (χ2n) is 5.81. The lowest BCUT2D eigenvalue weighted by atomic mass is 9.70. The van der Waals surface area contributed by atoms with E-state index in [9.17, 15) is 9.59 Å². The van der Waals surface area contributed by atoms with Crippen LogP contribution in [-0.2, 0) is 14.3 Å². The van der Waals surface area contributed by atoms with E-state index in [1.54, 1.807) is 0 Å². The molecule has 0 spiro atoms. The van der Waals surface area contributed by atoms with Crippen molar-refractivity contribution in [2.24, 2.45) is 16.7 Å². The molecule has 3 unspecified atom stereocenters. The molecule has 0 heterocycles. The first-order valence-corrected chi connectivity index (χ1v) is 5.73. The van der Waals surface area contributed by atoms with Gasteiger partial charge in [0.1, 0.15) is 6.10 Å². The molecule has 0 amide bonds. The summed E-state index contributed by atoms with van der Waals surface area (Å²) in [6, 6.07) is 0. The Morgan fingerprint density at radius 1 is 1.31 bits per heavy atom. The highest BCUT2D eigenvalue weighted by atomic mass is 16.6. The highest BCUT2D eigenvalue weighted by Crippen LogP contribution is 2.66. The highest BCUT2D eigenvalue weighted by Gasteiger charge is 2.63. The Hall–Kier alpha value is -1.06. The quantitative estimate of drug-likeness (QED) is 0.547. The van der Waals surface area contributed by atoms with Crippen LogP contribution in [0, 0.1) is 16.7 Å². The molecule has 16 heavy (non-hydrogen) atoms. The summed E-state index contributed by atoms with van der Waals surface area (Å²) in [6.07, 6.45) is 2.75. The highest BCUT2D eigenvalue weighted by molar-refractivity contribution is 6.28. The van der Waals surface area contributed by atoms with Crippen molar-refractivity contribution in [2.45, 2.75) is 46.1 Å². The molecule has 2 fully saturated rings. The zero-order valence-corrected chi connectivity index (χ0v) is 9.95. The van der Waals surface area contributed by atoms with Crippen LogP contribution in [0.5, 0.6) is 0 Å². The fraction of sp³-hybridized carbons (Fsp3) is 0.833. The summed E-state index contributed by atoms with van der Waals surface area (Å²) in [6.45, 7) is 6.50. The van der Waals surface area contributed by atoms with Crippen LogP contribution in [0.3, 0.4) is 0 Å². The number of carbonyl (C=O) groups is 2. The van der Waals surface area contributed by atoms with Gasteiger partial charge in [-0.3, -0.25) is 0 Å². The maximum atomic E-state index is 11.1. The van der Waals surface area contributed by atoms with E-state index in [1.807, 2.05) is 0 Å². The second-order valence-corrected chi connectivity index (χ2v) is 5.81. The molecule has 2 aliphatic carbocycles. The zero-order valence-electron chi connectivity index (χ0n) is 9.95. The fourth-order valence-corrected chi connectivity index (χ4v) is 3.49. The average molecular weight is 226 g/mol. The van der Waals surface area contributed by atoms with Crippen molar-refractivity contribution in [2.75, 3.05) is 0 Å². The van der Waals surface area contributed by atoms with Crippen LogP contribution in [0.15, 0.2) is 0 Å². The molecule has 90 valence electrons. The summed E-state index contributed by atoms with van der Waals surface area (Å²) in [7, 11) is 0. The molecule has 4 heteroatoms. The van der Waals surface area contributed by atoms with E-state index < -0.39 is 11.9 Å². The Morgan fingerprint density at radius 3 is 2.31 bits per heavy atom. The Bertz CT molecular complexity index is 347. The third kappa shape index (κ3) is 1.28. The minimum absolute atomic E-state index is 0.0667. The second kappa shape index (κ2) is 3.22. The van der Waals surface area contributed by atoms with Gasteiger partial charge in [-0.1, -0.05) is 20.8 Å². The van der Waals surface area contributed by atoms with Crippen molar-refractivity contribution in [3.63, 3.8) is 0 Å². The zero-order chi connectivity index (χ0) is 12.1. The van der Waals surface area contributed by atoms with E-state index in [0.717, 1.165) is 19.3 Å². The van der Waals surface area contributed by atoms with Crippen LogP contribution in [-0.4, -0.2) is 23.1 Å². The van der Waals surface area contributed by atoms with Crippen LogP contribution < -0.4 is 0 Å². The van der Waals surface area contributed by atoms with E-state index in [-0.39, 0.29) is 16.9 Å². The van der Waals surface area contributed by atoms with Gasteiger partial charge in [-0.2, -0.15) is 0 Å². The lowest BCUT2D eigenvalue weighted by molar-refractivity contribution is -0.172. The molecular weight excluding hydrogens is 208 g/mol. The summed E-state index contributed by atoms with van der Waals surface area (Å²) in [5.41, 5.74) is 0.0687. The van der Waals surface area contributed by atoms with Gasteiger partial charge < -0.3 is 9.84 Å². The molecule has 0 aromatic carbocycles. The topological polar surface area (TPSA) is 63.6 Å². The summed E-state index contributed by atoms with van der Waals surface area (Å²) >= 11 is 0. The Balaban J connectivity index is 2.16. The third-order valence-corrected chi connectivity index (χ3v) is 5.14. The predicted octanol–water partition coefficient (Wildman–Crippen LogP) is 1.83. The molecule has 0 saturated heterocycles. The smallest absolute Gasteiger partial charge is 0.417 e. The first-order valence-electron chi connectivity index (χ1n) is 5.73. The molecule has 0 aromatic rings. The molecule has 0 radical (unpaired) electrons. The van der Waals surface area contributed by atoms with E-state index in [1.165, 1.54) is 0 Å². The van der Waals surface area contributed by atoms with E-state index in [2.05, 4.69) is 20.8 Å².